The van der Waals surface area contributed by atoms with E-state index in [4.69, 9.17) is 9.15 Å². The fraction of sp³-hybridized carbons (Fsp3) is 0.733. The van der Waals surface area contributed by atoms with E-state index in [0.717, 1.165) is 30.6 Å². The number of furan rings is 1. The third-order valence-electron chi connectivity index (χ3n) is 3.18. The monoisotopic (exact) mass is 251 g/mol. The average Bonchev–Trinajstić information content (AvgIpc) is 2.99. The van der Waals surface area contributed by atoms with E-state index in [9.17, 15) is 0 Å². The molecule has 0 unspecified atom stereocenters. The lowest BCUT2D eigenvalue weighted by atomic mass is 10.1. The summed E-state index contributed by atoms with van der Waals surface area (Å²) in [5.41, 5.74) is 1.36. The number of hydrogen-bond donors (Lipinski definition) is 1. The van der Waals surface area contributed by atoms with Crippen LogP contribution >= 0.6 is 0 Å². The summed E-state index contributed by atoms with van der Waals surface area (Å²) in [6.07, 6.45) is 2.66. The Balaban J connectivity index is 1.81. The standard InChI is InChI=1S/C15H25NO2/c1-11-13(8-16-15(2,3)4)7-14(18-11)10-17-9-12-5-6-12/h7,12,16H,5-6,8-10H2,1-4H3. The van der Waals surface area contributed by atoms with E-state index >= 15 is 0 Å². The summed E-state index contributed by atoms with van der Waals surface area (Å²) in [6.45, 7) is 10.9. The third-order valence-corrected chi connectivity index (χ3v) is 3.18. The van der Waals surface area contributed by atoms with E-state index < -0.39 is 0 Å². The minimum absolute atomic E-state index is 0.131. The molecule has 0 radical (unpaired) electrons. The Bertz CT molecular complexity index is 386. The number of rotatable bonds is 6. The van der Waals surface area contributed by atoms with Gasteiger partial charge in [-0.25, -0.2) is 0 Å². The summed E-state index contributed by atoms with van der Waals surface area (Å²) in [4.78, 5) is 0. The molecule has 1 aliphatic rings. The van der Waals surface area contributed by atoms with Crippen molar-refractivity contribution in [2.45, 2.75) is 59.2 Å². The molecule has 0 spiro atoms. The first kappa shape index (κ1) is 13.6. The van der Waals surface area contributed by atoms with Gasteiger partial charge in [-0.1, -0.05) is 0 Å². The van der Waals surface area contributed by atoms with E-state index in [-0.39, 0.29) is 5.54 Å². The molecule has 1 aromatic heterocycles. The first-order chi connectivity index (χ1) is 8.44. The van der Waals surface area contributed by atoms with Gasteiger partial charge < -0.3 is 14.5 Å². The van der Waals surface area contributed by atoms with Gasteiger partial charge in [-0.2, -0.15) is 0 Å². The van der Waals surface area contributed by atoms with E-state index in [1.807, 2.05) is 6.92 Å². The highest BCUT2D eigenvalue weighted by atomic mass is 16.5. The van der Waals surface area contributed by atoms with Crippen molar-refractivity contribution in [3.8, 4) is 0 Å². The molecular weight excluding hydrogens is 226 g/mol. The van der Waals surface area contributed by atoms with Crippen LogP contribution in [0.1, 0.15) is 50.7 Å². The zero-order valence-electron chi connectivity index (χ0n) is 12.0. The number of aryl methyl sites for hydroxylation is 1. The van der Waals surface area contributed by atoms with Gasteiger partial charge >= 0.3 is 0 Å². The molecule has 0 amide bonds. The van der Waals surface area contributed by atoms with Crippen molar-refractivity contribution in [3.05, 3.63) is 23.2 Å². The highest BCUT2D eigenvalue weighted by molar-refractivity contribution is 5.20. The van der Waals surface area contributed by atoms with Crippen LogP contribution in [0.4, 0.5) is 0 Å². The van der Waals surface area contributed by atoms with Crippen LogP contribution in [0.25, 0.3) is 0 Å². The van der Waals surface area contributed by atoms with Crippen LogP contribution in [-0.4, -0.2) is 12.1 Å². The molecule has 3 heteroatoms. The Hall–Kier alpha value is -0.800. The molecule has 0 saturated heterocycles. The van der Waals surface area contributed by atoms with Gasteiger partial charge in [0.25, 0.3) is 0 Å². The van der Waals surface area contributed by atoms with E-state index in [2.05, 4.69) is 32.2 Å². The molecular formula is C15H25NO2. The normalized spacial score (nSPS) is 16.2. The van der Waals surface area contributed by atoms with Crippen molar-refractivity contribution < 1.29 is 9.15 Å². The summed E-state index contributed by atoms with van der Waals surface area (Å²) >= 11 is 0. The molecule has 102 valence electrons. The quantitative estimate of drug-likeness (QED) is 0.841. The van der Waals surface area contributed by atoms with Gasteiger partial charge in [0.15, 0.2) is 0 Å². The molecule has 1 N–H and O–H groups in total. The lowest BCUT2D eigenvalue weighted by Crippen LogP contribution is -2.35. The van der Waals surface area contributed by atoms with Crippen LogP contribution in [-0.2, 0) is 17.9 Å². The molecule has 0 aromatic carbocycles. The van der Waals surface area contributed by atoms with Crippen molar-refractivity contribution >= 4 is 0 Å². The van der Waals surface area contributed by atoms with E-state index in [0.29, 0.717) is 6.61 Å². The minimum Gasteiger partial charge on any atom is -0.464 e. The maximum atomic E-state index is 5.72. The fourth-order valence-electron chi connectivity index (χ4n) is 1.81. The molecule has 2 rings (SSSR count). The van der Waals surface area contributed by atoms with Crippen molar-refractivity contribution in [2.75, 3.05) is 6.61 Å². The van der Waals surface area contributed by atoms with Crippen LogP contribution in [0, 0.1) is 12.8 Å². The van der Waals surface area contributed by atoms with Crippen molar-refractivity contribution in [1.82, 2.24) is 5.32 Å². The van der Waals surface area contributed by atoms with Gasteiger partial charge in [0.05, 0.1) is 0 Å². The third kappa shape index (κ3) is 4.46. The highest BCUT2D eigenvalue weighted by Crippen LogP contribution is 2.29. The predicted molar refractivity (Wildman–Crippen MR) is 72.4 cm³/mol. The second-order valence-corrected chi connectivity index (χ2v) is 6.36. The molecule has 1 aromatic rings. The number of nitrogens with one attached hydrogen (secondary N) is 1. The van der Waals surface area contributed by atoms with Crippen molar-refractivity contribution in [1.29, 1.82) is 0 Å². The Kier molecular flexibility index (Phi) is 4.13. The second-order valence-electron chi connectivity index (χ2n) is 6.36. The Morgan fingerprint density at radius 2 is 2.11 bits per heavy atom. The lowest BCUT2D eigenvalue weighted by Gasteiger charge is -2.20. The largest absolute Gasteiger partial charge is 0.464 e. The molecule has 0 atom stereocenters. The minimum atomic E-state index is 0.131. The van der Waals surface area contributed by atoms with Gasteiger partial charge in [0, 0.05) is 24.3 Å². The summed E-state index contributed by atoms with van der Waals surface area (Å²) in [5.74, 6) is 2.75. The summed E-state index contributed by atoms with van der Waals surface area (Å²) < 4.78 is 11.4. The molecule has 0 bridgehead atoms. The maximum absolute atomic E-state index is 5.72. The number of ether oxygens (including phenoxy) is 1. The van der Waals surface area contributed by atoms with Gasteiger partial charge in [-0.05, 0) is 52.5 Å². The zero-order valence-corrected chi connectivity index (χ0v) is 12.0. The van der Waals surface area contributed by atoms with Crippen LogP contribution in [0.15, 0.2) is 10.5 Å². The van der Waals surface area contributed by atoms with Gasteiger partial charge in [0.1, 0.15) is 18.1 Å². The van der Waals surface area contributed by atoms with Crippen molar-refractivity contribution in [3.63, 3.8) is 0 Å². The Labute approximate surface area is 110 Å². The smallest absolute Gasteiger partial charge is 0.130 e. The van der Waals surface area contributed by atoms with Crippen molar-refractivity contribution in [2.24, 2.45) is 5.92 Å². The van der Waals surface area contributed by atoms with Crippen LogP contribution in [0.2, 0.25) is 0 Å². The summed E-state index contributed by atoms with van der Waals surface area (Å²) in [7, 11) is 0. The van der Waals surface area contributed by atoms with Gasteiger partial charge in [-0.3, -0.25) is 0 Å². The zero-order chi connectivity index (χ0) is 13.2. The lowest BCUT2D eigenvalue weighted by molar-refractivity contribution is 0.0967. The molecule has 18 heavy (non-hydrogen) atoms. The molecule has 1 fully saturated rings. The first-order valence-corrected chi connectivity index (χ1v) is 6.85. The topological polar surface area (TPSA) is 34.4 Å². The molecule has 3 nitrogen and oxygen atoms in total. The highest BCUT2D eigenvalue weighted by Gasteiger charge is 2.21. The second kappa shape index (κ2) is 5.45. The molecule has 1 saturated carbocycles. The van der Waals surface area contributed by atoms with E-state index in [1.54, 1.807) is 0 Å². The van der Waals surface area contributed by atoms with Gasteiger partial charge in [0.2, 0.25) is 0 Å². The first-order valence-electron chi connectivity index (χ1n) is 6.85. The van der Waals surface area contributed by atoms with Crippen LogP contribution < -0.4 is 5.32 Å². The van der Waals surface area contributed by atoms with E-state index in [1.165, 1.54) is 18.4 Å². The predicted octanol–water partition coefficient (Wildman–Crippen LogP) is 3.40. The number of hydrogen-bond acceptors (Lipinski definition) is 3. The van der Waals surface area contributed by atoms with Crippen LogP contribution in [0.3, 0.4) is 0 Å². The van der Waals surface area contributed by atoms with Crippen LogP contribution in [0.5, 0.6) is 0 Å². The molecule has 1 heterocycles. The molecule has 0 aliphatic heterocycles. The van der Waals surface area contributed by atoms with Gasteiger partial charge in [-0.15, -0.1) is 0 Å². The Morgan fingerprint density at radius 3 is 2.72 bits per heavy atom. The summed E-state index contributed by atoms with van der Waals surface area (Å²) in [5, 5.41) is 3.48. The fourth-order valence-corrected chi connectivity index (χ4v) is 1.81. The Morgan fingerprint density at radius 1 is 1.39 bits per heavy atom. The summed E-state index contributed by atoms with van der Waals surface area (Å²) in [6, 6.07) is 2.11. The maximum Gasteiger partial charge on any atom is 0.130 e. The molecule has 1 aliphatic carbocycles. The SMILES string of the molecule is Cc1oc(COCC2CC2)cc1CNC(C)(C)C. The average molecular weight is 251 g/mol.